The monoisotopic (exact) mass is 406 g/mol. The van der Waals surface area contributed by atoms with Crippen molar-refractivity contribution in [3.63, 3.8) is 0 Å². The van der Waals surface area contributed by atoms with Gasteiger partial charge in [-0.15, -0.1) is 0 Å². The molecule has 28 heavy (non-hydrogen) atoms. The van der Waals surface area contributed by atoms with Gasteiger partial charge in [0.1, 0.15) is 6.54 Å². The number of aryl methyl sites for hydroxylation is 1. The molecule has 0 heterocycles. The van der Waals surface area contributed by atoms with E-state index in [2.05, 4.69) is 27.9 Å². The molecule has 156 valence electrons. The Kier molecular flexibility index (Phi) is 9.47. The second-order valence-electron chi connectivity index (χ2n) is 7.10. The summed E-state index contributed by atoms with van der Waals surface area (Å²) in [6, 6.07) is 8.12. The summed E-state index contributed by atoms with van der Waals surface area (Å²) in [7, 11) is -0.754. The highest BCUT2D eigenvalue weighted by Crippen LogP contribution is 2.23. The molecule has 2 rings (SSSR count). The van der Waals surface area contributed by atoms with Gasteiger partial charge in [0.05, 0.1) is 0 Å². The Morgan fingerprint density at radius 1 is 1.25 bits per heavy atom. The Balaban J connectivity index is 1.91. The van der Waals surface area contributed by atoms with Gasteiger partial charge in [0.25, 0.3) is 0 Å². The van der Waals surface area contributed by atoms with Gasteiger partial charge in [0.15, 0.2) is 5.96 Å². The first-order valence-electron chi connectivity index (χ1n) is 10.4. The molecule has 7 heteroatoms. The van der Waals surface area contributed by atoms with Crippen molar-refractivity contribution in [3.8, 4) is 0 Å². The lowest BCUT2D eigenvalue weighted by molar-refractivity contribution is -0.114. The lowest BCUT2D eigenvalue weighted by atomic mass is 9.95. The first-order chi connectivity index (χ1) is 13.5. The second kappa shape index (κ2) is 11.8. The number of nitrogens with one attached hydrogen (secondary N) is 3. The zero-order chi connectivity index (χ0) is 20.4. The molecule has 3 atom stereocenters. The summed E-state index contributed by atoms with van der Waals surface area (Å²) in [6.45, 7) is 6.86. The van der Waals surface area contributed by atoms with E-state index in [0.29, 0.717) is 11.7 Å². The molecule has 6 nitrogen and oxygen atoms in total. The summed E-state index contributed by atoms with van der Waals surface area (Å²) in [5.41, 5.74) is 1.99. The number of benzene rings is 1. The summed E-state index contributed by atoms with van der Waals surface area (Å²) < 4.78 is 12.1. The molecule has 0 aliphatic heterocycles. The predicted octanol–water partition coefficient (Wildman–Crippen LogP) is 2.82. The molecular formula is C21H34N4O2S. The fourth-order valence-electron chi connectivity index (χ4n) is 3.48. The number of carbonyl (C=O) groups is 1. The molecule has 1 amide bonds. The van der Waals surface area contributed by atoms with Gasteiger partial charge in [0.2, 0.25) is 5.91 Å². The van der Waals surface area contributed by atoms with Crippen LogP contribution in [0.25, 0.3) is 0 Å². The second-order valence-corrected chi connectivity index (χ2v) is 9.10. The third-order valence-corrected chi connectivity index (χ3v) is 6.71. The van der Waals surface area contributed by atoms with Crippen LogP contribution >= 0.6 is 0 Å². The average molecular weight is 407 g/mol. The fourth-order valence-corrected chi connectivity index (χ4v) is 4.83. The Morgan fingerprint density at radius 2 is 2.07 bits per heavy atom. The van der Waals surface area contributed by atoms with Gasteiger partial charge in [-0.3, -0.25) is 9.00 Å². The van der Waals surface area contributed by atoms with Crippen molar-refractivity contribution in [3.05, 3.63) is 29.8 Å². The molecule has 0 radical (unpaired) electrons. The molecule has 3 unspecified atom stereocenters. The van der Waals surface area contributed by atoms with Gasteiger partial charge in [-0.2, -0.15) is 0 Å². The number of amides is 1. The van der Waals surface area contributed by atoms with Gasteiger partial charge in [0, 0.05) is 40.1 Å². The smallest absolute Gasteiger partial charge is 0.246 e. The van der Waals surface area contributed by atoms with E-state index in [1.165, 1.54) is 5.56 Å². The van der Waals surface area contributed by atoms with Crippen LogP contribution in [0, 0.1) is 0 Å². The van der Waals surface area contributed by atoms with Crippen LogP contribution in [0.4, 0.5) is 5.69 Å². The lowest BCUT2D eigenvalue weighted by Crippen LogP contribution is -2.47. The molecule has 1 aromatic rings. The van der Waals surface area contributed by atoms with E-state index in [-0.39, 0.29) is 23.7 Å². The summed E-state index contributed by atoms with van der Waals surface area (Å²) in [6.07, 6.45) is 4.97. The number of hydrogen-bond donors (Lipinski definition) is 3. The van der Waals surface area contributed by atoms with E-state index in [1.54, 1.807) is 0 Å². The zero-order valence-electron chi connectivity index (χ0n) is 17.3. The zero-order valence-corrected chi connectivity index (χ0v) is 18.1. The number of rotatable bonds is 8. The topological polar surface area (TPSA) is 82.6 Å². The van der Waals surface area contributed by atoms with Crippen molar-refractivity contribution in [2.45, 2.75) is 64.2 Å². The Bertz CT molecular complexity index is 693. The molecule has 0 saturated heterocycles. The molecule has 1 saturated carbocycles. The standard InChI is InChI=1S/C21H34N4O2S/c1-4-16-9-7-10-17(13-16)24-20(26)15-23-21(22-5-2)25-18-11-8-12-19(14-18)28(27)6-3/h7,9-10,13,18-19H,4-6,8,11-12,14-15H2,1-3H3,(H,24,26)(H2,22,23,25). The van der Waals surface area contributed by atoms with E-state index >= 15 is 0 Å². The van der Waals surface area contributed by atoms with Crippen LogP contribution in [-0.4, -0.2) is 46.2 Å². The molecule has 1 fully saturated rings. The van der Waals surface area contributed by atoms with Crippen LogP contribution in [0.15, 0.2) is 29.3 Å². The van der Waals surface area contributed by atoms with Gasteiger partial charge in [-0.05, 0) is 50.3 Å². The molecule has 1 aliphatic carbocycles. The molecule has 0 aromatic heterocycles. The minimum absolute atomic E-state index is 0.0583. The molecule has 1 aromatic carbocycles. The maximum atomic E-state index is 12.3. The van der Waals surface area contributed by atoms with Crippen LogP contribution in [0.5, 0.6) is 0 Å². The largest absolute Gasteiger partial charge is 0.357 e. The molecule has 0 spiro atoms. The summed E-state index contributed by atoms with van der Waals surface area (Å²) in [5.74, 6) is 1.22. The predicted molar refractivity (Wildman–Crippen MR) is 118 cm³/mol. The fraction of sp³-hybridized carbons (Fsp3) is 0.619. The van der Waals surface area contributed by atoms with Gasteiger partial charge in [-0.1, -0.05) is 32.4 Å². The van der Waals surface area contributed by atoms with Crippen LogP contribution in [0.2, 0.25) is 0 Å². The lowest BCUT2D eigenvalue weighted by Gasteiger charge is -2.30. The number of carbonyl (C=O) groups excluding carboxylic acids is 1. The first-order valence-corrected chi connectivity index (χ1v) is 11.7. The quantitative estimate of drug-likeness (QED) is 0.458. The van der Waals surface area contributed by atoms with E-state index in [4.69, 9.17) is 0 Å². The summed E-state index contributed by atoms with van der Waals surface area (Å²) in [4.78, 5) is 16.7. The first kappa shape index (κ1) is 22.4. The third-order valence-electron chi connectivity index (χ3n) is 4.97. The minimum atomic E-state index is -0.754. The van der Waals surface area contributed by atoms with E-state index in [1.807, 2.05) is 38.1 Å². The number of guanidine groups is 1. The Labute approximate surface area is 171 Å². The maximum Gasteiger partial charge on any atom is 0.246 e. The van der Waals surface area contributed by atoms with E-state index < -0.39 is 10.8 Å². The van der Waals surface area contributed by atoms with E-state index in [0.717, 1.165) is 44.3 Å². The Morgan fingerprint density at radius 3 is 2.79 bits per heavy atom. The summed E-state index contributed by atoms with van der Waals surface area (Å²) >= 11 is 0. The SMILES string of the molecule is CCNC(=NCC(=O)Nc1cccc(CC)c1)NC1CCCC(S(=O)CC)C1. The van der Waals surface area contributed by atoms with Crippen LogP contribution in [-0.2, 0) is 22.0 Å². The normalized spacial score (nSPS) is 21.0. The van der Waals surface area contributed by atoms with Crippen molar-refractivity contribution in [2.24, 2.45) is 4.99 Å². The summed E-state index contributed by atoms with van der Waals surface area (Å²) in [5, 5.41) is 9.80. The van der Waals surface area contributed by atoms with Crippen molar-refractivity contribution in [1.29, 1.82) is 0 Å². The van der Waals surface area contributed by atoms with Crippen molar-refractivity contribution >= 4 is 28.4 Å². The number of nitrogens with zero attached hydrogens (tertiary/aromatic N) is 1. The van der Waals surface area contributed by atoms with Crippen LogP contribution in [0.1, 0.15) is 52.0 Å². The average Bonchev–Trinajstić information content (AvgIpc) is 2.72. The van der Waals surface area contributed by atoms with Gasteiger partial charge in [-0.25, -0.2) is 4.99 Å². The van der Waals surface area contributed by atoms with Gasteiger partial charge >= 0.3 is 0 Å². The van der Waals surface area contributed by atoms with Crippen molar-refractivity contribution in [1.82, 2.24) is 10.6 Å². The highest BCUT2D eigenvalue weighted by Gasteiger charge is 2.26. The van der Waals surface area contributed by atoms with Crippen LogP contribution < -0.4 is 16.0 Å². The Hall–Kier alpha value is -1.89. The number of aliphatic imine (C=N–C) groups is 1. The van der Waals surface area contributed by atoms with Crippen molar-refractivity contribution in [2.75, 3.05) is 24.2 Å². The van der Waals surface area contributed by atoms with Crippen LogP contribution in [0.3, 0.4) is 0 Å². The number of anilines is 1. The van der Waals surface area contributed by atoms with Gasteiger partial charge < -0.3 is 16.0 Å². The third kappa shape index (κ3) is 7.26. The van der Waals surface area contributed by atoms with E-state index in [9.17, 15) is 9.00 Å². The highest BCUT2D eigenvalue weighted by atomic mass is 32.2. The number of hydrogen-bond acceptors (Lipinski definition) is 3. The molecule has 0 bridgehead atoms. The molecular weight excluding hydrogens is 372 g/mol. The highest BCUT2D eigenvalue weighted by molar-refractivity contribution is 7.85. The van der Waals surface area contributed by atoms with Crippen molar-refractivity contribution < 1.29 is 9.00 Å². The maximum absolute atomic E-state index is 12.3. The molecule has 3 N–H and O–H groups in total. The molecule has 1 aliphatic rings. The minimum Gasteiger partial charge on any atom is -0.357 e.